The first-order valence-corrected chi connectivity index (χ1v) is 8.94. The van der Waals surface area contributed by atoms with Gasteiger partial charge < -0.3 is 14.7 Å². The fourth-order valence-corrected chi connectivity index (χ4v) is 4.04. The fourth-order valence-electron chi connectivity index (χ4n) is 4.04. The zero-order chi connectivity index (χ0) is 16.4. The van der Waals surface area contributed by atoms with Crippen LogP contribution in [0, 0.1) is 11.8 Å². The summed E-state index contributed by atoms with van der Waals surface area (Å²) in [6, 6.07) is 0. The lowest BCUT2D eigenvalue weighted by atomic mass is 9.72. The number of aliphatic hydroxyl groups excluding tert-OH is 1. The van der Waals surface area contributed by atoms with Crippen LogP contribution in [0.5, 0.6) is 0 Å². The van der Waals surface area contributed by atoms with Crippen molar-refractivity contribution in [3.8, 4) is 0 Å². The number of hydrogen-bond acceptors (Lipinski definition) is 5. The third-order valence-electron chi connectivity index (χ3n) is 5.26. The average molecular weight is 321 g/mol. The number of rotatable bonds is 6. The Morgan fingerprint density at radius 1 is 1.26 bits per heavy atom. The Balaban J connectivity index is 1.73. The molecule has 3 aliphatic rings. The zero-order valence-corrected chi connectivity index (χ0v) is 14.1. The summed E-state index contributed by atoms with van der Waals surface area (Å²) < 4.78 is 5.59. The molecule has 4 unspecified atom stereocenters. The molecule has 4 atom stereocenters. The van der Waals surface area contributed by atoms with E-state index in [-0.39, 0.29) is 17.5 Å². The number of ether oxygens (including phenoxy) is 1. The number of hydrogen-bond donors (Lipinski definition) is 1. The van der Waals surface area contributed by atoms with Crippen molar-refractivity contribution in [2.45, 2.75) is 71.0 Å². The van der Waals surface area contributed by atoms with Gasteiger partial charge in [0.05, 0.1) is 23.5 Å². The second kappa shape index (κ2) is 7.04. The minimum atomic E-state index is 0.0180. The number of carbonyl (C=O) groups is 1. The highest BCUT2D eigenvalue weighted by Crippen LogP contribution is 2.45. The molecular formula is C18H27NO4. The molecule has 1 N–H and O–H groups in total. The molecule has 1 saturated carbocycles. The van der Waals surface area contributed by atoms with Crippen LogP contribution in [0.15, 0.2) is 16.5 Å². The van der Waals surface area contributed by atoms with Crippen molar-refractivity contribution in [1.29, 1.82) is 0 Å². The van der Waals surface area contributed by atoms with Gasteiger partial charge in [-0.3, -0.25) is 4.79 Å². The number of oxime groups is 1. The number of nitrogens with zero attached hydrogens (tertiary/aromatic N) is 1. The molecule has 1 aliphatic heterocycles. The van der Waals surface area contributed by atoms with Crippen molar-refractivity contribution in [1.82, 2.24) is 0 Å². The quantitative estimate of drug-likeness (QED) is 0.461. The Labute approximate surface area is 137 Å². The Hall–Kier alpha value is -1.36. The molecular weight excluding hydrogens is 294 g/mol. The molecule has 2 fully saturated rings. The summed E-state index contributed by atoms with van der Waals surface area (Å²) >= 11 is 0. The molecule has 23 heavy (non-hydrogen) atoms. The van der Waals surface area contributed by atoms with Crippen LogP contribution in [0.4, 0.5) is 0 Å². The third kappa shape index (κ3) is 3.60. The SMILES string of the molecule is CCC/C(=N\OCC)C1=C(O)CC(C2CCC3OC3C2)CC1=O. The van der Waals surface area contributed by atoms with Crippen LogP contribution in [-0.2, 0) is 14.4 Å². The Morgan fingerprint density at radius 2 is 2.09 bits per heavy atom. The van der Waals surface area contributed by atoms with Crippen LogP contribution in [0.3, 0.4) is 0 Å². The minimum Gasteiger partial charge on any atom is -0.511 e. The number of Topliss-reactive ketones (excluding diaryl/α,β-unsaturated/α-hetero) is 1. The van der Waals surface area contributed by atoms with E-state index in [9.17, 15) is 9.90 Å². The van der Waals surface area contributed by atoms with Gasteiger partial charge in [-0.15, -0.1) is 0 Å². The van der Waals surface area contributed by atoms with E-state index in [1.54, 1.807) is 0 Å². The van der Waals surface area contributed by atoms with Crippen molar-refractivity contribution in [3.05, 3.63) is 11.3 Å². The molecule has 0 amide bonds. The lowest BCUT2D eigenvalue weighted by Crippen LogP contribution is -2.31. The van der Waals surface area contributed by atoms with E-state index in [0.717, 1.165) is 25.7 Å². The summed E-state index contributed by atoms with van der Waals surface area (Å²) in [5.41, 5.74) is 1.01. The van der Waals surface area contributed by atoms with Gasteiger partial charge in [-0.2, -0.15) is 0 Å². The zero-order valence-electron chi connectivity index (χ0n) is 14.1. The van der Waals surface area contributed by atoms with E-state index in [0.29, 0.717) is 55.3 Å². The summed E-state index contributed by atoms with van der Waals surface area (Å²) in [6.07, 6.45) is 6.74. The first-order chi connectivity index (χ1) is 11.1. The molecule has 0 aromatic heterocycles. The fraction of sp³-hybridized carbons (Fsp3) is 0.778. The summed E-state index contributed by atoms with van der Waals surface area (Å²) in [6.45, 7) is 4.35. The van der Waals surface area contributed by atoms with Gasteiger partial charge in [-0.1, -0.05) is 18.5 Å². The van der Waals surface area contributed by atoms with Gasteiger partial charge in [0.15, 0.2) is 5.78 Å². The lowest BCUT2D eigenvalue weighted by molar-refractivity contribution is -0.117. The van der Waals surface area contributed by atoms with Gasteiger partial charge in [0.25, 0.3) is 0 Å². The molecule has 1 saturated heterocycles. The number of aliphatic hydroxyl groups is 1. The highest BCUT2D eigenvalue weighted by atomic mass is 16.6. The monoisotopic (exact) mass is 321 g/mol. The molecule has 0 spiro atoms. The first kappa shape index (κ1) is 16.5. The van der Waals surface area contributed by atoms with Crippen molar-refractivity contribution in [2.24, 2.45) is 17.0 Å². The second-order valence-electron chi connectivity index (χ2n) is 6.91. The number of allylic oxidation sites excluding steroid dienone is 2. The standard InChI is InChI=1S/C18H27NO4/c1-3-5-13(19-22-4-2)18-14(20)8-12(9-15(18)21)11-6-7-16-17(10-11)23-16/h11-12,16-17,20H,3-10H2,1-2H3/b19-13+. The molecule has 1 heterocycles. The number of ketones is 1. The largest absolute Gasteiger partial charge is 0.511 e. The highest BCUT2D eigenvalue weighted by Gasteiger charge is 2.46. The van der Waals surface area contributed by atoms with Gasteiger partial charge in [-0.05, 0) is 44.4 Å². The van der Waals surface area contributed by atoms with Gasteiger partial charge in [0.2, 0.25) is 0 Å². The van der Waals surface area contributed by atoms with E-state index in [4.69, 9.17) is 9.57 Å². The van der Waals surface area contributed by atoms with Crippen molar-refractivity contribution >= 4 is 11.5 Å². The summed E-state index contributed by atoms with van der Waals surface area (Å²) in [4.78, 5) is 17.8. The van der Waals surface area contributed by atoms with Crippen molar-refractivity contribution in [3.63, 3.8) is 0 Å². The van der Waals surface area contributed by atoms with Crippen LogP contribution < -0.4 is 0 Å². The van der Waals surface area contributed by atoms with E-state index in [1.165, 1.54) is 0 Å². The average Bonchev–Trinajstić information content (AvgIpc) is 3.30. The summed E-state index contributed by atoms with van der Waals surface area (Å²) in [5.74, 6) is 0.956. The predicted molar refractivity (Wildman–Crippen MR) is 87.4 cm³/mol. The Kier molecular flexibility index (Phi) is 5.05. The van der Waals surface area contributed by atoms with Gasteiger partial charge in [0, 0.05) is 12.8 Å². The maximum atomic E-state index is 12.6. The van der Waals surface area contributed by atoms with Crippen LogP contribution in [-0.4, -0.2) is 35.4 Å². The molecule has 2 aliphatic carbocycles. The smallest absolute Gasteiger partial charge is 0.168 e. The van der Waals surface area contributed by atoms with Gasteiger partial charge in [-0.25, -0.2) is 0 Å². The third-order valence-corrected chi connectivity index (χ3v) is 5.26. The highest BCUT2D eigenvalue weighted by molar-refractivity contribution is 6.23. The van der Waals surface area contributed by atoms with Gasteiger partial charge in [0.1, 0.15) is 12.4 Å². The molecule has 0 aromatic carbocycles. The molecule has 0 radical (unpaired) electrons. The number of fused-ring (bicyclic) bond motifs is 1. The second-order valence-corrected chi connectivity index (χ2v) is 6.91. The van der Waals surface area contributed by atoms with Crippen molar-refractivity contribution < 1.29 is 19.5 Å². The molecule has 128 valence electrons. The van der Waals surface area contributed by atoms with Gasteiger partial charge >= 0.3 is 0 Å². The van der Waals surface area contributed by atoms with E-state index >= 15 is 0 Å². The summed E-state index contributed by atoms with van der Waals surface area (Å²) in [5, 5.41) is 14.6. The van der Waals surface area contributed by atoms with Crippen LogP contribution >= 0.6 is 0 Å². The van der Waals surface area contributed by atoms with Crippen LogP contribution in [0.25, 0.3) is 0 Å². The molecule has 3 rings (SSSR count). The molecule has 5 heteroatoms. The van der Waals surface area contributed by atoms with Crippen molar-refractivity contribution in [2.75, 3.05) is 6.61 Å². The van der Waals surface area contributed by atoms with Crippen LogP contribution in [0.2, 0.25) is 0 Å². The lowest BCUT2D eigenvalue weighted by Gasteiger charge is -2.31. The number of epoxide rings is 1. The molecule has 0 bridgehead atoms. The van der Waals surface area contributed by atoms with E-state index < -0.39 is 0 Å². The van der Waals surface area contributed by atoms with Crippen LogP contribution in [0.1, 0.15) is 58.8 Å². The number of carbonyl (C=O) groups excluding carboxylic acids is 1. The molecule has 5 nitrogen and oxygen atoms in total. The maximum Gasteiger partial charge on any atom is 0.168 e. The Bertz CT molecular complexity index is 525. The summed E-state index contributed by atoms with van der Waals surface area (Å²) in [7, 11) is 0. The van der Waals surface area contributed by atoms with E-state index in [2.05, 4.69) is 5.16 Å². The minimum absolute atomic E-state index is 0.0180. The Morgan fingerprint density at radius 3 is 2.74 bits per heavy atom. The normalized spacial score (nSPS) is 34.3. The van der Waals surface area contributed by atoms with E-state index in [1.807, 2.05) is 13.8 Å². The predicted octanol–water partition coefficient (Wildman–Crippen LogP) is 3.54. The first-order valence-electron chi connectivity index (χ1n) is 8.94. The molecule has 0 aromatic rings. The topological polar surface area (TPSA) is 71.4 Å². The maximum absolute atomic E-state index is 12.6.